The van der Waals surface area contributed by atoms with E-state index in [9.17, 15) is 4.79 Å². The molecule has 0 radical (unpaired) electrons. The maximum Gasteiger partial charge on any atom is 0.337 e. The highest BCUT2D eigenvalue weighted by Crippen LogP contribution is 2.46. The average Bonchev–Trinajstić information content (AvgIpc) is 2.66. The number of para-hydroxylation sites is 1. The SMILES string of the molecule is COC(=O)c1ccc2c(c1)Oc1ccccc1C2=C1CCN(C)CC1. The van der Waals surface area contributed by atoms with Crippen molar-refractivity contribution in [2.45, 2.75) is 12.8 Å². The summed E-state index contributed by atoms with van der Waals surface area (Å²) in [7, 11) is 3.56. The molecule has 2 aliphatic rings. The van der Waals surface area contributed by atoms with Crippen LogP contribution >= 0.6 is 0 Å². The molecule has 4 rings (SSSR count). The van der Waals surface area contributed by atoms with Crippen LogP contribution in [-0.4, -0.2) is 38.1 Å². The highest BCUT2D eigenvalue weighted by atomic mass is 16.5. The van der Waals surface area contributed by atoms with Crippen LogP contribution in [0, 0.1) is 0 Å². The summed E-state index contributed by atoms with van der Waals surface area (Å²) in [6.45, 7) is 2.13. The van der Waals surface area contributed by atoms with Crippen molar-refractivity contribution < 1.29 is 14.3 Å². The fourth-order valence-corrected chi connectivity index (χ4v) is 3.60. The summed E-state index contributed by atoms with van der Waals surface area (Å²) in [5.74, 6) is 1.22. The molecule has 4 nitrogen and oxygen atoms in total. The molecule has 0 N–H and O–H groups in total. The van der Waals surface area contributed by atoms with Crippen molar-refractivity contribution in [2.75, 3.05) is 27.2 Å². The van der Waals surface area contributed by atoms with Crippen molar-refractivity contribution in [3.63, 3.8) is 0 Å². The molecule has 0 saturated carbocycles. The van der Waals surface area contributed by atoms with Gasteiger partial charge in [-0.25, -0.2) is 4.79 Å². The molecule has 0 aliphatic carbocycles. The quantitative estimate of drug-likeness (QED) is 0.628. The number of fused-ring (bicyclic) bond motifs is 2. The second-order valence-corrected chi connectivity index (χ2v) is 6.58. The summed E-state index contributed by atoms with van der Waals surface area (Å²) in [5, 5.41) is 0. The normalized spacial score (nSPS) is 16.7. The molecule has 0 amide bonds. The van der Waals surface area contributed by atoms with Gasteiger partial charge in [0.1, 0.15) is 11.5 Å². The number of ether oxygens (including phenoxy) is 2. The Balaban J connectivity index is 1.87. The van der Waals surface area contributed by atoms with Crippen LogP contribution in [0.5, 0.6) is 11.5 Å². The summed E-state index contributed by atoms with van der Waals surface area (Å²) in [6.07, 6.45) is 2.11. The van der Waals surface area contributed by atoms with Gasteiger partial charge in [0.2, 0.25) is 0 Å². The Morgan fingerprint density at radius 1 is 1.04 bits per heavy atom. The van der Waals surface area contributed by atoms with Gasteiger partial charge in [0.25, 0.3) is 0 Å². The smallest absolute Gasteiger partial charge is 0.337 e. The molecule has 0 atom stereocenters. The number of esters is 1. The van der Waals surface area contributed by atoms with Gasteiger partial charge in [-0.1, -0.05) is 23.8 Å². The second-order valence-electron chi connectivity index (χ2n) is 6.58. The van der Waals surface area contributed by atoms with Crippen LogP contribution in [0.25, 0.3) is 5.57 Å². The molecule has 128 valence electrons. The monoisotopic (exact) mass is 335 g/mol. The summed E-state index contributed by atoms with van der Waals surface area (Å²) < 4.78 is 10.9. The number of carbonyl (C=O) groups excluding carboxylic acids is 1. The van der Waals surface area contributed by atoms with Crippen molar-refractivity contribution in [3.05, 3.63) is 64.7 Å². The second kappa shape index (κ2) is 6.37. The number of likely N-dealkylation sites (tertiary alicyclic amines) is 1. The van der Waals surface area contributed by atoms with E-state index in [1.165, 1.54) is 18.3 Å². The Morgan fingerprint density at radius 3 is 2.52 bits per heavy atom. The molecule has 1 saturated heterocycles. The summed E-state index contributed by atoms with van der Waals surface area (Å²) in [4.78, 5) is 14.2. The van der Waals surface area contributed by atoms with E-state index in [2.05, 4.69) is 18.0 Å². The Labute approximate surface area is 147 Å². The standard InChI is InChI=1S/C21H21NO3/c1-22-11-9-14(10-12-22)20-16-5-3-4-6-18(16)25-19-13-15(21(23)24-2)7-8-17(19)20/h3-8,13H,9-12H2,1-2H3. The zero-order valence-electron chi connectivity index (χ0n) is 14.5. The number of benzene rings is 2. The van der Waals surface area contributed by atoms with Gasteiger partial charge in [-0.05, 0) is 49.7 Å². The first-order valence-corrected chi connectivity index (χ1v) is 8.58. The molecule has 0 aromatic heterocycles. The van der Waals surface area contributed by atoms with E-state index < -0.39 is 0 Å². The fraction of sp³-hybridized carbons (Fsp3) is 0.286. The number of carbonyl (C=O) groups is 1. The lowest BCUT2D eigenvalue weighted by molar-refractivity contribution is 0.0600. The summed E-state index contributed by atoms with van der Waals surface area (Å²) in [6, 6.07) is 13.7. The number of nitrogens with zero attached hydrogens (tertiary/aromatic N) is 1. The first kappa shape index (κ1) is 15.9. The van der Waals surface area contributed by atoms with Gasteiger partial charge in [0, 0.05) is 24.2 Å². The van der Waals surface area contributed by atoms with E-state index in [1.807, 2.05) is 30.3 Å². The zero-order valence-corrected chi connectivity index (χ0v) is 14.5. The topological polar surface area (TPSA) is 38.8 Å². The molecule has 0 bridgehead atoms. The van der Waals surface area contributed by atoms with E-state index in [-0.39, 0.29) is 5.97 Å². The number of methoxy groups -OCH3 is 1. The molecule has 1 fully saturated rings. The number of hydrogen-bond donors (Lipinski definition) is 0. The van der Waals surface area contributed by atoms with Gasteiger partial charge in [0.15, 0.2) is 0 Å². The highest BCUT2D eigenvalue weighted by Gasteiger charge is 2.26. The van der Waals surface area contributed by atoms with Crippen molar-refractivity contribution in [1.82, 2.24) is 4.90 Å². The average molecular weight is 335 g/mol. The van der Waals surface area contributed by atoms with E-state index in [4.69, 9.17) is 9.47 Å². The minimum Gasteiger partial charge on any atom is -0.465 e. The fourth-order valence-electron chi connectivity index (χ4n) is 3.60. The Morgan fingerprint density at radius 2 is 1.76 bits per heavy atom. The molecule has 0 unspecified atom stereocenters. The third-order valence-corrected chi connectivity index (χ3v) is 4.99. The number of piperidine rings is 1. The molecule has 25 heavy (non-hydrogen) atoms. The third-order valence-electron chi connectivity index (χ3n) is 4.99. The predicted molar refractivity (Wildman–Crippen MR) is 97.1 cm³/mol. The Bertz CT molecular complexity index is 859. The maximum atomic E-state index is 11.9. The first-order valence-electron chi connectivity index (χ1n) is 8.58. The van der Waals surface area contributed by atoms with E-state index in [1.54, 1.807) is 6.07 Å². The summed E-state index contributed by atoms with van der Waals surface area (Å²) in [5.41, 5.74) is 5.43. The zero-order chi connectivity index (χ0) is 17.4. The van der Waals surface area contributed by atoms with Crippen molar-refractivity contribution in [2.24, 2.45) is 0 Å². The maximum absolute atomic E-state index is 11.9. The van der Waals surface area contributed by atoms with Gasteiger partial charge in [-0.3, -0.25) is 0 Å². The van der Waals surface area contributed by atoms with Crippen LogP contribution < -0.4 is 4.74 Å². The van der Waals surface area contributed by atoms with E-state index >= 15 is 0 Å². The minimum absolute atomic E-state index is 0.348. The van der Waals surface area contributed by atoms with Crippen molar-refractivity contribution in [3.8, 4) is 11.5 Å². The summed E-state index contributed by atoms with van der Waals surface area (Å²) >= 11 is 0. The molecule has 2 aromatic carbocycles. The minimum atomic E-state index is -0.348. The van der Waals surface area contributed by atoms with Crippen LogP contribution in [0.4, 0.5) is 0 Å². The predicted octanol–water partition coefficient (Wildman–Crippen LogP) is 4.11. The van der Waals surface area contributed by atoms with Gasteiger partial charge < -0.3 is 14.4 Å². The lowest BCUT2D eigenvalue weighted by Crippen LogP contribution is -2.27. The first-order chi connectivity index (χ1) is 12.2. The third kappa shape index (κ3) is 2.83. The molecule has 4 heteroatoms. The van der Waals surface area contributed by atoms with Gasteiger partial charge in [-0.2, -0.15) is 0 Å². The van der Waals surface area contributed by atoms with Crippen LogP contribution in [0.2, 0.25) is 0 Å². The lowest BCUT2D eigenvalue weighted by Gasteiger charge is -2.30. The number of rotatable bonds is 1. The molecule has 0 spiro atoms. The van der Waals surface area contributed by atoms with Crippen molar-refractivity contribution in [1.29, 1.82) is 0 Å². The lowest BCUT2D eigenvalue weighted by atomic mass is 9.86. The molecular formula is C21H21NO3. The molecule has 2 heterocycles. The Hall–Kier alpha value is -2.59. The largest absolute Gasteiger partial charge is 0.465 e. The van der Waals surface area contributed by atoms with Crippen LogP contribution in [0.3, 0.4) is 0 Å². The number of hydrogen-bond acceptors (Lipinski definition) is 4. The molecule has 2 aliphatic heterocycles. The van der Waals surface area contributed by atoms with Crippen LogP contribution in [-0.2, 0) is 4.74 Å². The molecule has 2 aromatic rings. The van der Waals surface area contributed by atoms with Crippen LogP contribution in [0.1, 0.15) is 34.3 Å². The van der Waals surface area contributed by atoms with Gasteiger partial charge in [0.05, 0.1) is 12.7 Å². The van der Waals surface area contributed by atoms with Crippen LogP contribution in [0.15, 0.2) is 48.0 Å². The highest BCUT2D eigenvalue weighted by molar-refractivity contribution is 5.94. The van der Waals surface area contributed by atoms with Gasteiger partial charge >= 0.3 is 5.97 Å². The van der Waals surface area contributed by atoms with E-state index in [0.717, 1.165) is 48.6 Å². The van der Waals surface area contributed by atoms with E-state index in [0.29, 0.717) is 5.56 Å². The Kier molecular flexibility index (Phi) is 4.06. The van der Waals surface area contributed by atoms with Gasteiger partial charge in [-0.15, -0.1) is 0 Å². The van der Waals surface area contributed by atoms with Crippen molar-refractivity contribution >= 4 is 11.5 Å². The molecular weight excluding hydrogens is 314 g/mol.